The first kappa shape index (κ1) is 18.1. The molecule has 0 aliphatic rings. The monoisotopic (exact) mass is 347 g/mol. The van der Waals surface area contributed by atoms with Gasteiger partial charge in [-0.3, -0.25) is 4.79 Å². The molecular weight excluding hydrogens is 326 g/mol. The zero-order chi connectivity index (χ0) is 17.5. The lowest BCUT2D eigenvalue weighted by Crippen LogP contribution is -2.31. The van der Waals surface area contributed by atoms with Gasteiger partial charge in [0.15, 0.2) is 6.61 Å². The fraction of sp³-hybridized carbons (Fsp3) is 0.316. The topological polar surface area (TPSA) is 47.6 Å². The molecular formula is C19H22ClNO3. The lowest BCUT2D eigenvalue weighted by Gasteiger charge is -2.17. The predicted molar refractivity (Wildman–Crippen MR) is 95.9 cm³/mol. The highest BCUT2D eigenvalue weighted by Gasteiger charge is 2.14. The molecule has 1 unspecified atom stereocenters. The number of ether oxygens (including phenoxy) is 2. The Labute approximate surface area is 147 Å². The van der Waals surface area contributed by atoms with Gasteiger partial charge in [0.05, 0.1) is 13.2 Å². The minimum Gasteiger partial charge on any atom is -0.496 e. The molecule has 0 bridgehead atoms. The van der Waals surface area contributed by atoms with E-state index in [-0.39, 0.29) is 18.6 Å². The molecule has 2 aromatic rings. The van der Waals surface area contributed by atoms with E-state index in [2.05, 4.69) is 5.32 Å². The van der Waals surface area contributed by atoms with Crippen molar-refractivity contribution in [3.8, 4) is 11.5 Å². The number of rotatable bonds is 7. The summed E-state index contributed by atoms with van der Waals surface area (Å²) in [5.41, 5.74) is 1.92. The second-order valence-corrected chi connectivity index (χ2v) is 5.83. The first-order valence-corrected chi connectivity index (χ1v) is 8.26. The quantitative estimate of drug-likeness (QED) is 0.817. The molecule has 1 amide bonds. The van der Waals surface area contributed by atoms with Gasteiger partial charge in [-0.05, 0) is 43.2 Å². The fourth-order valence-electron chi connectivity index (χ4n) is 2.45. The lowest BCUT2D eigenvalue weighted by atomic mass is 10.1. The van der Waals surface area contributed by atoms with Crippen LogP contribution in [-0.4, -0.2) is 19.6 Å². The molecule has 0 spiro atoms. The summed E-state index contributed by atoms with van der Waals surface area (Å²) >= 11 is 6.08. The van der Waals surface area contributed by atoms with Crippen molar-refractivity contribution in [1.29, 1.82) is 0 Å². The largest absolute Gasteiger partial charge is 0.496 e. The summed E-state index contributed by atoms with van der Waals surface area (Å²) in [5.74, 6) is 1.19. The minimum atomic E-state index is -0.193. The van der Waals surface area contributed by atoms with E-state index in [9.17, 15) is 4.79 Å². The van der Waals surface area contributed by atoms with Crippen LogP contribution in [0.5, 0.6) is 11.5 Å². The van der Waals surface area contributed by atoms with E-state index in [1.165, 1.54) is 0 Å². The number of methoxy groups -OCH3 is 1. The van der Waals surface area contributed by atoms with Gasteiger partial charge in [0.2, 0.25) is 0 Å². The van der Waals surface area contributed by atoms with Crippen molar-refractivity contribution in [2.24, 2.45) is 0 Å². The zero-order valence-corrected chi connectivity index (χ0v) is 14.9. The van der Waals surface area contributed by atoms with Gasteiger partial charge in [-0.1, -0.05) is 36.7 Å². The zero-order valence-electron chi connectivity index (χ0n) is 14.1. The van der Waals surface area contributed by atoms with E-state index in [1.54, 1.807) is 19.2 Å². The molecule has 128 valence electrons. The van der Waals surface area contributed by atoms with Crippen molar-refractivity contribution in [2.45, 2.75) is 26.3 Å². The van der Waals surface area contributed by atoms with E-state index >= 15 is 0 Å². The summed E-state index contributed by atoms with van der Waals surface area (Å²) in [7, 11) is 1.61. The van der Waals surface area contributed by atoms with E-state index in [1.807, 2.05) is 44.2 Å². The van der Waals surface area contributed by atoms with Crippen molar-refractivity contribution < 1.29 is 14.3 Å². The fourth-order valence-corrected chi connectivity index (χ4v) is 2.70. The van der Waals surface area contributed by atoms with Crippen molar-refractivity contribution in [3.63, 3.8) is 0 Å². The van der Waals surface area contributed by atoms with Crippen LogP contribution in [0.1, 0.15) is 31.0 Å². The highest BCUT2D eigenvalue weighted by atomic mass is 35.5. The van der Waals surface area contributed by atoms with Crippen molar-refractivity contribution in [1.82, 2.24) is 5.32 Å². The maximum Gasteiger partial charge on any atom is 0.258 e. The number of para-hydroxylation sites is 1. The van der Waals surface area contributed by atoms with Crippen LogP contribution in [0.3, 0.4) is 0 Å². The smallest absolute Gasteiger partial charge is 0.258 e. The van der Waals surface area contributed by atoms with Crippen LogP contribution >= 0.6 is 11.6 Å². The summed E-state index contributed by atoms with van der Waals surface area (Å²) < 4.78 is 10.9. The molecule has 0 aliphatic carbocycles. The van der Waals surface area contributed by atoms with Gasteiger partial charge in [0.25, 0.3) is 5.91 Å². The van der Waals surface area contributed by atoms with E-state index < -0.39 is 0 Å². The summed E-state index contributed by atoms with van der Waals surface area (Å²) in [6, 6.07) is 12.8. The van der Waals surface area contributed by atoms with Crippen LogP contribution < -0.4 is 14.8 Å². The third-order valence-corrected chi connectivity index (χ3v) is 4.12. The Morgan fingerprint density at radius 2 is 2.00 bits per heavy atom. The molecule has 1 atom stereocenters. The highest BCUT2D eigenvalue weighted by Crippen LogP contribution is 2.24. The normalized spacial score (nSPS) is 11.7. The molecule has 0 fully saturated rings. The van der Waals surface area contributed by atoms with Crippen LogP contribution in [0.15, 0.2) is 42.5 Å². The maximum atomic E-state index is 12.1. The number of carbonyl (C=O) groups is 1. The number of benzene rings is 2. The maximum absolute atomic E-state index is 12.1. The Morgan fingerprint density at radius 1 is 1.25 bits per heavy atom. The summed E-state index contributed by atoms with van der Waals surface area (Å²) in [6.07, 6.45) is 0.813. The third-order valence-electron chi connectivity index (χ3n) is 3.75. The molecule has 1 N–H and O–H groups in total. The van der Waals surface area contributed by atoms with Crippen LogP contribution in [0.25, 0.3) is 0 Å². The van der Waals surface area contributed by atoms with E-state index in [0.717, 1.165) is 23.3 Å². The number of halogens is 1. The van der Waals surface area contributed by atoms with E-state index in [0.29, 0.717) is 10.8 Å². The van der Waals surface area contributed by atoms with Gasteiger partial charge in [-0.25, -0.2) is 0 Å². The van der Waals surface area contributed by atoms with Crippen molar-refractivity contribution in [2.75, 3.05) is 13.7 Å². The number of carbonyl (C=O) groups excluding carboxylic acids is 1. The molecule has 0 aliphatic heterocycles. The molecule has 0 radical (unpaired) electrons. The minimum absolute atomic E-state index is 0.0513. The summed E-state index contributed by atoms with van der Waals surface area (Å²) in [4.78, 5) is 12.1. The molecule has 2 aromatic carbocycles. The molecule has 0 saturated heterocycles. The molecule has 0 aromatic heterocycles. The van der Waals surface area contributed by atoms with Crippen molar-refractivity contribution in [3.05, 3.63) is 58.6 Å². The number of hydrogen-bond acceptors (Lipinski definition) is 3. The SMILES string of the molecule is CCc1cc(OCC(=O)NC(C)c2ccccc2OC)ccc1Cl. The Hall–Kier alpha value is -2.20. The Balaban J connectivity index is 1.93. The summed E-state index contributed by atoms with van der Waals surface area (Å²) in [6.45, 7) is 3.88. The second-order valence-electron chi connectivity index (χ2n) is 5.43. The summed E-state index contributed by atoms with van der Waals surface area (Å²) in [5, 5.41) is 3.62. The Kier molecular flexibility index (Phi) is 6.50. The van der Waals surface area contributed by atoms with Gasteiger partial charge in [0.1, 0.15) is 11.5 Å². The average Bonchev–Trinajstić information content (AvgIpc) is 2.60. The molecule has 5 heteroatoms. The first-order valence-electron chi connectivity index (χ1n) is 7.88. The lowest BCUT2D eigenvalue weighted by molar-refractivity contribution is -0.123. The Morgan fingerprint density at radius 3 is 2.71 bits per heavy atom. The van der Waals surface area contributed by atoms with Gasteiger partial charge in [0, 0.05) is 10.6 Å². The number of amides is 1. The molecule has 4 nitrogen and oxygen atoms in total. The molecule has 0 heterocycles. The molecule has 24 heavy (non-hydrogen) atoms. The predicted octanol–water partition coefficient (Wildman–Crippen LogP) is 4.17. The first-order chi connectivity index (χ1) is 11.5. The highest BCUT2D eigenvalue weighted by molar-refractivity contribution is 6.31. The number of nitrogens with one attached hydrogen (secondary N) is 1. The van der Waals surface area contributed by atoms with Gasteiger partial charge in [-0.2, -0.15) is 0 Å². The van der Waals surface area contributed by atoms with Gasteiger partial charge >= 0.3 is 0 Å². The van der Waals surface area contributed by atoms with Crippen LogP contribution in [0.2, 0.25) is 5.02 Å². The van der Waals surface area contributed by atoms with Gasteiger partial charge < -0.3 is 14.8 Å². The number of hydrogen-bond donors (Lipinski definition) is 1. The van der Waals surface area contributed by atoms with Gasteiger partial charge in [-0.15, -0.1) is 0 Å². The molecule has 2 rings (SSSR count). The number of aryl methyl sites for hydroxylation is 1. The molecule has 0 saturated carbocycles. The van der Waals surface area contributed by atoms with E-state index in [4.69, 9.17) is 21.1 Å². The van der Waals surface area contributed by atoms with Crippen LogP contribution in [0, 0.1) is 0 Å². The van der Waals surface area contributed by atoms with Crippen LogP contribution in [0.4, 0.5) is 0 Å². The van der Waals surface area contributed by atoms with Crippen molar-refractivity contribution >= 4 is 17.5 Å². The third kappa shape index (κ3) is 4.65. The average molecular weight is 348 g/mol. The van der Waals surface area contributed by atoms with Crippen LogP contribution in [-0.2, 0) is 11.2 Å². The second kappa shape index (κ2) is 8.60. The standard InChI is InChI=1S/C19H22ClNO3/c1-4-14-11-15(9-10-17(14)20)24-12-19(22)21-13(2)16-7-5-6-8-18(16)23-3/h5-11,13H,4,12H2,1-3H3,(H,21,22). The Bertz CT molecular complexity index is 703.